The van der Waals surface area contributed by atoms with Crippen LogP contribution in [0.3, 0.4) is 0 Å². The van der Waals surface area contributed by atoms with Gasteiger partial charge >= 0.3 is 17.8 Å². The van der Waals surface area contributed by atoms with Crippen molar-refractivity contribution >= 4 is 11.7 Å². The first-order chi connectivity index (χ1) is 6.32. The Morgan fingerprint density at radius 1 is 1.43 bits per heavy atom. The number of hydrogen-bond acceptors (Lipinski definition) is 4. The first-order valence-corrected chi connectivity index (χ1v) is 3.18. The van der Waals surface area contributed by atoms with E-state index in [2.05, 4.69) is 4.42 Å². The van der Waals surface area contributed by atoms with Gasteiger partial charge in [-0.3, -0.25) is 14.9 Å². The number of Topliss-reactive ketones (excluding diaryl/α,β-unsaturated/α-hetero) is 1. The molecule has 0 N–H and O–H groups in total. The van der Waals surface area contributed by atoms with Gasteiger partial charge in [0.05, 0.1) is 6.07 Å². The normalized spacial score (nSPS) is 11.4. The Morgan fingerprint density at radius 2 is 2.00 bits per heavy atom. The van der Waals surface area contributed by atoms with Gasteiger partial charge in [-0.1, -0.05) is 0 Å². The zero-order chi connectivity index (χ0) is 10.9. The molecule has 76 valence electrons. The average Bonchev–Trinajstić information content (AvgIpc) is 2.48. The van der Waals surface area contributed by atoms with E-state index in [1.165, 1.54) is 0 Å². The predicted octanol–water partition coefficient (Wildman–Crippen LogP) is 1.93. The largest absolute Gasteiger partial charge is 0.458 e. The lowest BCUT2D eigenvalue weighted by Crippen LogP contribution is -2.21. The lowest BCUT2D eigenvalue weighted by Gasteiger charge is -1.99. The molecule has 0 aliphatic rings. The van der Waals surface area contributed by atoms with Gasteiger partial charge in [-0.15, -0.1) is 0 Å². The fraction of sp³-hybridized carbons (Fsp3) is 0.167. The van der Waals surface area contributed by atoms with E-state index in [9.17, 15) is 28.1 Å². The second-order valence-corrected chi connectivity index (χ2v) is 2.22. The molecule has 14 heavy (non-hydrogen) atoms. The SMILES string of the molecule is O=C(c1ccc([N+](=O)[O-])o1)C(F)(F)F. The number of nitro groups is 1. The molecule has 0 aliphatic heterocycles. The summed E-state index contributed by atoms with van der Waals surface area (Å²) in [6, 6.07) is 1.28. The first-order valence-electron chi connectivity index (χ1n) is 3.18. The van der Waals surface area contributed by atoms with E-state index >= 15 is 0 Å². The van der Waals surface area contributed by atoms with Gasteiger partial charge in [-0.05, 0) is 6.07 Å². The summed E-state index contributed by atoms with van der Waals surface area (Å²) in [5.74, 6) is -4.24. The summed E-state index contributed by atoms with van der Waals surface area (Å²) in [5.41, 5.74) is 0. The first kappa shape index (κ1) is 10.2. The second-order valence-electron chi connectivity index (χ2n) is 2.22. The van der Waals surface area contributed by atoms with Gasteiger partial charge in [-0.25, -0.2) is 0 Å². The zero-order valence-electron chi connectivity index (χ0n) is 6.37. The molecule has 8 heteroatoms. The Bertz CT molecular complexity index is 381. The van der Waals surface area contributed by atoms with Crippen molar-refractivity contribution in [2.45, 2.75) is 6.18 Å². The van der Waals surface area contributed by atoms with Crippen molar-refractivity contribution in [3.05, 3.63) is 28.0 Å². The summed E-state index contributed by atoms with van der Waals surface area (Å²) in [7, 11) is 0. The van der Waals surface area contributed by atoms with E-state index in [0.29, 0.717) is 12.1 Å². The van der Waals surface area contributed by atoms with Crippen LogP contribution in [0, 0.1) is 10.1 Å². The van der Waals surface area contributed by atoms with Gasteiger partial charge in [0.2, 0.25) is 0 Å². The summed E-state index contributed by atoms with van der Waals surface area (Å²) < 4.78 is 39.4. The molecule has 0 amide bonds. The second kappa shape index (κ2) is 3.13. The van der Waals surface area contributed by atoms with Gasteiger partial charge < -0.3 is 4.42 Å². The van der Waals surface area contributed by atoms with E-state index < -0.39 is 28.5 Å². The van der Waals surface area contributed by atoms with Crippen molar-refractivity contribution in [3.63, 3.8) is 0 Å². The molecule has 0 fully saturated rings. The Labute approximate surface area is 74.3 Å². The minimum Gasteiger partial charge on any atom is -0.397 e. The molecule has 0 aromatic carbocycles. The highest BCUT2D eigenvalue weighted by Gasteiger charge is 2.42. The van der Waals surface area contributed by atoms with Crippen LogP contribution >= 0.6 is 0 Å². The quantitative estimate of drug-likeness (QED) is 0.423. The van der Waals surface area contributed by atoms with E-state index in [-0.39, 0.29) is 0 Å². The maximum Gasteiger partial charge on any atom is 0.458 e. The molecular formula is C6H2F3NO4. The van der Waals surface area contributed by atoms with Gasteiger partial charge in [-0.2, -0.15) is 13.2 Å². The third kappa shape index (κ3) is 1.90. The lowest BCUT2D eigenvalue weighted by molar-refractivity contribution is -0.402. The minimum absolute atomic E-state index is 0.605. The van der Waals surface area contributed by atoms with Crippen LogP contribution in [0.25, 0.3) is 0 Å². The molecular weight excluding hydrogens is 207 g/mol. The van der Waals surface area contributed by atoms with Crippen LogP contribution in [0.1, 0.15) is 10.6 Å². The highest BCUT2D eigenvalue weighted by Crippen LogP contribution is 2.24. The molecule has 0 aliphatic carbocycles. The van der Waals surface area contributed by atoms with Gasteiger partial charge in [0.25, 0.3) is 0 Å². The Morgan fingerprint density at radius 3 is 2.36 bits per heavy atom. The maximum absolute atomic E-state index is 11.8. The molecule has 0 bridgehead atoms. The fourth-order valence-corrected chi connectivity index (χ4v) is 0.688. The number of furan rings is 1. The summed E-state index contributed by atoms with van der Waals surface area (Å²) in [4.78, 5) is 19.4. The van der Waals surface area contributed by atoms with E-state index in [1.54, 1.807) is 0 Å². The molecule has 1 rings (SSSR count). The Hall–Kier alpha value is -1.86. The van der Waals surface area contributed by atoms with Crippen molar-refractivity contribution in [2.75, 3.05) is 0 Å². The number of carbonyl (C=O) groups excluding carboxylic acids is 1. The summed E-state index contributed by atoms with van der Waals surface area (Å²) in [6.45, 7) is 0. The third-order valence-corrected chi connectivity index (χ3v) is 1.25. The summed E-state index contributed by atoms with van der Waals surface area (Å²) in [6.07, 6.45) is -5.09. The van der Waals surface area contributed by atoms with Crippen LogP contribution in [-0.4, -0.2) is 16.9 Å². The van der Waals surface area contributed by atoms with Crippen molar-refractivity contribution < 1.29 is 27.3 Å². The van der Waals surface area contributed by atoms with Crippen LogP contribution in [0.4, 0.5) is 19.1 Å². The van der Waals surface area contributed by atoms with Crippen LogP contribution in [0.5, 0.6) is 0 Å². The molecule has 1 aromatic heterocycles. The van der Waals surface area contributed by atoms with Crippen molar-refractivity contribution in [1.29, 1.82) is 0 Å². The molecule has 1 heterocycles. The minimum atomic E-state index is -5.09. The van der Waals surface area contributed by atoms with E-state index in [4.69, 9.17) is 0 Å². The van der Waals surface area contributed by atoms with Gasteiger partial charge in [0.1, 0.15) is 4.92 Å². The van der Waals surface area contributed by atoms with Crippen molar-refractivity contribution in [1.82, 2.24) is 0 Å². The monoisotopic (exact) mass is 209 g/mol. The summed E-state index contributed by atoms with van der Waals surface area (Å²) in [5, 5.41) is 10.0. The highest BCUT2D eigenvalue weighted by molar-refractivity contribution is 5.98. The van der Waals surface area contributed by atoms with Crippen LogP contribution < -0.4 is 0 Å². The van der Waals surface area contributed by atoms with Crippen molar-refractivity contribution in [3.8, 4) is 0 Å². The van der Waals surface area contributed by atoms with Crippen LogP contribution in [0.2, 0.25) is 0 Å². The van der Waals surface area contributed by atoms with Gasteiger partial charge in [0, 0.05) is 0 Å². The number of rotatable bonds is 2. The smallest absolute Gasteiger partial charge is 0.397 e. The zero-order valence-corrected chi connectivity index (χ0v) is 6.37. The number of hydrogen-bond donors (Lipinski definition) is 0. The Balaban J connectivity index is 2.99. The lowest BCUT2D eigenvalue weighted by atomic mass is 10.3. The molecule has 0 spiro atoms. The number of ketones is 1. The average molecular weight is 209 g/mol. The van der Waals surface area contributed by atoms with Gasteiger partial charge in [0.15, 0.2) is 5.76 Å². The fourth-order valence-electron chi connectivity index (χ4n) is 0.688. The number of alkyl halides is 3. The van der Waals surface area contributed by atoms with Crippen LogP contribution in [-0.2, 0) is 0 Å². The standard InChI is InChI=1S/C6H2F3NO4/c7-6(8,9)5(11)3-1-2-4(14-3)10(12)13/h1-2H. The molecule has 0 radical (unpaired) electrons. The van der Waals surface area contributed by atoms with Crippen LogP contribution in [0.15, 0.2) is 16.5 Å². The summed E-state index contributed by atoms with van der Waals surface area (Å²) >= 11 is 0. The molecule has 1 aromatic rings. The van der Waals surface area contributed by atoms with E-state index in [0.717, 1.165) is 0 Å². The molecule has 5 nitrogen and oxygen atoms in total. The Kier molecular flexibility index (Phi) is 2.28. The third-order valence-electron chi connectivity index (χ3n) is 1.25. The topological polar surface area (TPSA) is 73.3 Å². The highest BCUT2D eigenvalue weighted by atomic mass is 19.4. The van der Waals surface area contributed by atoms with Crippen molar-refractivity contribution in [2.24, 2.45) is 0 Å². The molecule has 0 atom stereocenters. The molecule has 0 unspecified atom stereocenters. The van der Waals surface area contributed by atoms with E-state index in [1.807, 2.05) is 0 Å². The molecule has 0 saturated carbocycles. The number of halogens is 3. The number of nitrogens with zero attached hydrogens (tertiary/aromatic N) is 1. The predicted molar refractivity (Wildman–Crippen MR) is 35.7 cm³/mol. The molecule has 0 saturated heterocycles. The number of carbonyl (C=O) groups is 1. The maximum atomic E-state index is 11.8.